The van der Waals surface area contributed by atoms with Gasteiger partial charge in [-0.2, -0.15) is 0 Å². The summed E-state index contributed by atoms with van der Waals surface area (Å²) in [6.45, 7) is 1.40. The zero-order valence-corrected chi connectivity index (χ0v) is 11.8. The summed E-state index contributed by atoms with van der Waals surface area (Å²) in [5.41, 5.74) is 5.40. The van der Waals surface area contributed by atoms with E-state index in [1.54, 1.807) is 11.0 Å². The highest BCUT2D eigenvalue weighted by Crippen LogP contribution is 2.16. The molecule has 1 radical (unpaired) electrons. The van der Waals surface area contributed by atoms with Crippen LogP contribution in [0.4, 0.5) is 0 Å². The van der Waals surface area contributed by atoms with Crippen molar-refractivity contribution in [3.8, 4) is 0 Å². The molecular formula is C14H19N4O2. The molecule has 2 N–H and O–H groups in total. The summed E-state index contributed by atoms with van der Waals surface area (Å²) < 4.78 is 0. The summed E-state index contributed by atoms with van der Waals surface area (Å²) in [6, 6.07) is 6.21. The Morgan fingerprint density at radius 3 is 2.60 bits per heavy atom. The smallest absolute Gasteiger partial charge is 0.272 e. The molecule has 1 aromatic heterocycles. The first-order valence-corrected chi connectivity index (χ1v) is 6.63. The Morgan fingerprint density at radius 2 is 2.05 bits per heavy atom. The number of primary amides is 1. The van der Waals surface area contributed by atoms with E-state index in [-0.39, 0.29) is 17.3 Å². The Morgan fingerprint density at radius 1 is 1.40 bits per heavy atom. The number of pyridine rings is 1. The van der Waals surface area contributed by atoms with Gasteiger partial charge in [-0.05, 0) is 39.1 Å². The fourth-order valence-corrected chi connectivity index (χ4v) is 2.38. The van der Waals surface area contributed by atoms with E-state index in [9.17, 15) is 9.59 Å². The maximum Gasteiger partial charge on any atom is 0.272 e. The second kappa shape index (κ2) is 6.00. The number of carbonyl (C=O) groups is 2. The van der Waals surface area contributed by atoms with E-state index >= 15 is 0 Å². The number of piperidine rings is 1. The van der Waals surface area contributed by atoms with Gasteiger partial charge in [0.15, 0.2) is 0 Å². The second-order valence-corrected chi connectivity index (χ2v) is 5.17. The zero-order chi connectivity index (χ0) is 14.7. The molecule has 1 saturated heterocycles. The number of amides is 2. The van der Waals surface area contributed by atoms with E-state index in [4.69, 9.17) is 5.73 Å². The highest BCUT2D eigenvalue weighted by Gasteiger charge is 2.25. The van der Waals surface area contributed by atoms with Gasteiger partial charge in [0.25, 0.3) is 11.8 Å². The van der Waals surface area contributed by atoms with Gasteiger partial charge in [0.1, 0.15) is 11.4 Å². The summed E-state index contributed by atoms with van der Waals surface area (Å²) in [7, 11) is 4.10. The molecule has 0 atom stereocenters. The number of likely N-dealkylation sites (tertiary alicyclic amines) is 1. The third-order valence-electron chi connectivity index (χ3n) is 3.63. The molecule has 0 aromatic carbocycles. The first kappa shape index (κ1) is 14.5. The van der Waals surface area contributed by atoms with E-state index in [0.717, 1.165) is 12.8 Å². The number of carbonyl (C=O) groups excluding carboxylic acids is 2. The molecule has 1 fully saturated rings. The largest absolute Gasteiger partial charge is 0.364 e. The summed E-state index contributed by atoms with van der Waals surface area (Å²) in [5.74, 6) is -0.829. The molecule has 20 heavy (non-hydrogen) atoms. The Balaban J connectivity index is 2.05. The lowest BCUT2D eigenvalue weighted by Crippen LogP contribution is -2.44. The van der Waals surface area contributed by atoms with Crippen LogP contribution in [0, 0.1) is 6.07 Å². The molecule has 1 aliphatic heterocycles. The van der Waals surface area contributed by atoms with Crippen molar-refractivity contribution in [3.63, 3.8) is 0 Å². The van der Waals surface area contributed by atoms with Crippen LogP contribution in [0.5, 0.6) is 0 Å². The van der Waals surface area contributed by atoms with Crippen LogP contribution in [0.15, 0.2) is 12.1 Å². The van der Waals surface area contributed by atoms with Crippen molar-refractivity contribution in [2.24, 2.45) is 5.73 Å². The first-order valence-electron chi connectivity index (χ1n) is 6.63. The van der Waals surface area contributed by atoms with Gasteiger partial charge in [-0.3, -0.25) is 9.59 Å². The number of hydrogen-bond acceptors (Lipinski definition) is 4. The van der Waals surface area contributed by atoms with Crippen molar-refractivity contribution in [2.75, 3.05) is 27.2 Å². The Kier molecular flexibility index (Phi) is 4.34. The third-order valence-corrected chi connectivity index (χ3v) is 3.63. The molecule has 1 aliphatic rings. The van der Waals surface area contributed by atoms with Crippen molar-refractivity contribution >= 4 is 11.8 Å². The minimum Gasteiger partial charge on any atom is -0.364 e. The van der Waals surface area contributed by atoms with Gasteiger partial charge >= 0.3 is 0 Å². The molecule has 6 heteroatoms. The van der Waals surface area contributed by atoms with Crippen LogP contribution in [0.25, 0.3) is 0 Å². The highest BCUT2D eigenvalue weighted by molar-refractivity contribution is 5.95. The maximum atomic E-state index is 12.3. The van der Waals surface area contributed by atoms with Crippen LogP contribution in [-0.4, -0.2) is 59.8 Å². The van der Waals surface area contributed by atoms with Gasteiger partial charge in [0, 0.05) is 25.2 Å². The van der Waals surface area contributed by atoms with Gasteiger partial charge in [-0.15, -0.1) is 0 Å². The average molecular weight is 275 g/mol. The predicted octanol–water partition coefficient (Wildman–Crippen LogP) is 0.147. The molecule has 107 valence electrons. The highest BCUT2D eigenvalue weighted by atomic mass is 16.2. The molecule has 0 bridgehead atoms. The predicted molar refractivity (Wildman–Crippen MR) is 74.2 cm³/mol. The van der Waals surface area contributed by atoms with Gasteiger partial charge in [-0.25, -0.2) is 4.98 Å². The van der Waals surface area contributed by atoms with E-state index in [0.29, 0.717) is 19.1 Å². The lowest BCUT2D eigenvalue weighted by Gasteiger charge is -2.35. The zero-order valence-electron chi connectivity index (χ0n) is 11.8. The Labute approximate surface area is 118 Å². The van der Waals surface area contributed by atoms with Crippen LogP contribution in [0.2, 0.25) is 0 Å². The second-order valence-electron chi connectivity index (χ2n) is 5.17. The summed E-state index contributed by atoms with van der Waals surface area (Å²) in [5, 5.41) is 0. The Hall–Kier alpha value is -1.95. The number of rotatable bonds is 3. The van der Waals surface area contributed by atoms with Crippen LogP contribution < -0.4 is 5.73 Å². The lowest BCUT2D eigenvalue weighted by atomic mass is 10.0. The molecule has 0 aliphatic carbocycles. The molecular weight excluding hydrogens is 256 g/mol. The molecule has 0 spiro atoms. The quantitative estimate of drug-likeness (QED) is 0.851. The number of nitrogens with two attached hydrogens (primary N) is 1. The molecule has 0 unspecified atom stereocenters. The lowest BCUT2D eigenvalue weighted by molar-refractivity contribution is 0.0657. The summed E-state index contributed by atoms with van der Waals surface area (Å²) in [6.07, 6.45) is 1.89. The fraction of sp³-hybridized carbons (Fsp3) is 0.500. The monoisotopic (exact) mass is 275 g/mol. The topological polar surface area (TPSA) is 79.5 Å². The summed E-state index contributed by atoms with van der Waals surface area (Å²) in [4.78, 5) is 31.3. The Bertz CT molecular complexity index is 508. The summed E-state index contributed by atoms with van der Waals surface area (Å²) >= 11 is 0. The molecule has 1 aromatic rings. The number of hydrogen-bond donors (Lipinski definition) is 1. The molecule has 2 rings (SSSR count). The minimum absolute atomic E-state index is 0.000900. The molecule has 2 heterocycles. The van der Waals surface area contributed by atoms with Gasteiger partial charge in [0.2, 0.25) is 0 Å². The van der Waals surface area contributed by atoms with Crippen molar-refractivity contribution in [1.82, 2.24) is 14.8 Å². The van der Waals surface area contributed by atoms with E-state index < -0.39 is 5.91 Å². The van der Waals surface area contributed by atoms with Crippen molar-refractivity contribution in [1.29, 1.82) is 0 Å². The number of nitrogens with zero attached hydrogens (tertiary/aromatic N) is 3. The van der Waals surface area contributed by atoms with Gasteiger partial charge < -0.3 is 15.5 Å². The van der Waals surface area contributed by atoms with E-state index in [2.05, 4.69) is 30.0 Å². The molecule has 6 nitrogen and oxygen atoms in total. The molecule has 2 amide bonds. The number of aromatic nitrogens is 1. The SMILES string of the molecule is CN(C)C1CCN(C(=O)c2cc[c]c(C(N)=O)n2)CC1. The first-order chi connectivity index (χ1) is 9.49. The minimum atomic E-state index is -0.675. The normalized spacial score (nSPS) is 16.4. The van der Waals surface area contributed by atoms with Crippen LogP contribution in [-0.2, 0) is 0 Å². The van der Waals surface area contributed by atoms with Crippen molar-refractivity contribution < 1.29 is 9.59 Å². The van der Waals surface area contributed by atoms with Gasteiger partial charge in [-0.1, -0.05) is 0 Å². The van der Waals surface area contributed by atoms with Crippen LogP contribution >= 0.6 is 0 Å². The molecule has 0 saturated carbocycles. The maximum absolute atomic E-state index is 12.3. The van der Waals surface area contributed by atoms with Crippen molar-refractivity contribution in [3.05, 3.63) is 29.6 Å². The third kappa shape index (κ3) is 3.14. The average Bonchev–Trinajstić information content (AvgIpc) is 2.46. The standard InChI is InChI=1S/C14H19N4O2/c1-17(2)10-6-8-18(9-7-10)14(20)12-5-3-4-11(16-12)13(15)19/h3,5,10H,6-9H2,1-2H3,(H2,15,19). The van der Waals surface area contributed by atoms with Gasteiger partial charge in [0.05, 0.1) is 0 Å². The van der Waals surface area contributed by atoms with Crippen LogP contribution in [0.1, 0.15) is 33.8 Å². The van der Waals surface area contributed by atoms with E-state index in [1.165, 1.54) is 6.07 Å². The fourth-order valence-electron chi connectivity index (χ4n) is 2.38. The van der Waals surface area contributed by atoms with Crippen molar-refractivity contribution in [2.45, 2.75) is 18.9 Å². The van der Waals surface area contributed by atoms with E-state index in [1.807, 2.05) is 0 Å². The van der Waals surface area contributed by atoms with Crippen LogP contribution in [0.3, 0.4) is 0 Å².